The van der Waals surface area contributed by atoms with Gasteiger partial charge in [-0.1, -0.05) is 20.8 Å². The number of aliphatic hydroxyl groups excluding tert-OH is 3. The summed E-state index contributed by atoms with van der Waals surface area (Å²) in [5, 5.41) is 34.4. The molecule has 0 aromatic rings. The van der Waals surface area contributed by atoms with Crippen molar-refractivity contribution in [2.45, 2.75) is 159 Å². The van der Waals surface area contributed by atoms with Gasteiger partial charge in [-0.05, 0) is 51.7 Å². The van der Waals surface area contributed by atoms with E-state index in [9.17, 15) is 29.7 Å². The van der Waals surface area contributed by atoms with Crippen molar-refractivity contribution < 1.29 is 81.9 Å². The van der Waals surface area contributed by atoms with E-state index in [-0.39, 0.29) is 25.2 Å². The summed E-state index contributed by atoms with van der Waals surface area (Å²) in [6.45, 7) is 10.3. The van der Waals surface area contributed by atoms with E-state index in [0.29, 0.717) is 6.42 Å². The van der Waals surface area contributed by atoms with Gasteiger partial charge in [0.25, 0.3) is 0 Å². The van der Waals surface area contributed by atoms with Crippen LogP contribution in [0, 0.1) is 23.7 Å². The number of allylic oxidation sites excluding steroid dienone is 1. The molecule has 18 heteroatoms. The molecule has 0 saturated carbocycles. The molecule has 340 valence electrons. The second-order valence-corrected chi connectivity index (χ2v) is 16.5. The topological polar surface area (TPSA) is 220 Å². The van der Waals surface area contributed by atoms with E-state index in [1.165, 1.54) is 46.7 Å². The number of rotatable bonds is 14. The highest BCUT2D eigenvalue weighted by Crippen LogP contribution is 2.46. The molecule has 0 spiro atoms. The summed E-state index contributed by atoms with van der Waals surface area (Å²) >= 11 is 0. The van der Waals surface area contributed by atoms with Crippen molar-refractivity contribution in [2.24, 2.45) is 23.7 Å². The number of hydroxylamine groups is 2. The number of hydrogen-bond acceptors (Lipinski definition) is 18. The number of epoxide rings is 1. The van der Waals surface area contributed by atoms with Crippen molar-refractivity contribution in [3.8, 4) is 0 Å². The van der Waals surface area contributed by atoms with E-state index in [1.54, 1.807) is 40.8 Å². The largest absolute Gasteiger partial charge is 0.462 e. The predicted octanol–water partition coefficient (Wildman–Crippen LogP) is 1.33. The van der Waals surface area contributed by atoms with Gasteiger partial charge in [0.2, 0.25) is 0 Å². The van der Waals surface area contributed by atoms with Gasteiger partial charge in [-0.2, -0.15) is 5.06 Å². The number of cyclic esters (lactones) is 1. The Balaban J connectivity index is 1.69. The van der Waals surface area contributed by atoms with Crippen molar-refractivity contribution in [3.63, 3.8) is 0 Å². The zero-order chi connectivity index (χ0) is 43.9. The Morgan fingerprint density at radius 2 is 1.51 bits per heavy atom. The Labute approximate surface area is 347 Å². The summed E-state index contributed by atoms with van der Waals surface area (Å²) < 4.78 is 59.4. The highest BCUT2D eigenvalue weighted by Gasteiger charge is 2.58. The molecule has 0 radical (unpaired) electrons. The minimum Gasteiger partial charge on any atom is -0.462 e. The fourth-order valence-corrected chi connectivity index (χ4v) is 8.64. The molecule has 4 aliphatic rings. The Morgan fingerprint density at radius 3 is 2.10 bits per heavy atom. The summed E-state index contributed by atoms with van der Waals surface area (Å²) in [7, 11) is 8.82. The number of carbonyl (C=O) groups excluding carboxylic acids is 3. The van der Waals surface area contributed by atoms with Crippen molar-refractivity contribution in [1.29, 1.82) is 0 Å². The number of fused-ring (bicyclic) bond motifs is 1. The molecule has 0 amide bonds. The monoisotopic (exact) mass is 847 g/mol. The molecule has 0 bridgehead atoms. The second-order valence-electron chi connectivity index (χ2n) is 16.5. The number of ether oxygens (including phenoxy) is 10. The van der Waals surface area contributed by atoms with Crippen LogP contribution < -0.4 is 0 Å². The van der Waals surface area contributed by atoms with Gasteiger partial charge in [0.15, 0.2) is 24.7 Å². The average molecular weight is 848 g/mol. The van der Waals surface area contributed by atoms with Crippen LogP contribution in [0.2, 0.25) is 0 Å². The molecular formula is C41H69NO17. The molecule has 59 heavy (non-hydrogen) atoms. The summed E-state index contributed by atoms with van der Waals surface area (Å²) in [5.74, 6) is -4.31. The number of esters is 1. The molecule has 4 aliphatic heterocycles. The quantitative estimate of drug-likeness (QED) is 0.0738. The second kappa shape index (κ2) is 21.9. The minimum absolute atomic E-state index is 0.0355. The van der Waals surface area contributed by atoms with E-state index >= 15 is 0 Å². The lowest BCUT2D eigenvalue weighted by molar-refractivity contribution is -0.326. The van der Waals surface area contributed by atoms with Crippen LogP contribution in [-0.4, -0.2) is 179 Å². The summed E-state index contributed by atoms with van der Waals surface area (Å²) in [4.78, 5) is 47.2. The molecule has 4 heterocycles. The van der Waals surface area contributed by atoms with Crippen LogP contribution >= 0.6 is 0 Å². The lowest BCUT2D eigenvalue weighted by Crippen LogP contribution is -2.63. The summed E-state index contributed by atoms with van der Waals surface area (Å²) in [6, 6.07) is -0.963. The standard InChI is InChI=1S/C41H69NO17/c1-13-28-25(19-54-40-37(52-11)36(51-10)33(47)23(5)56-40)38-41(6,59-38)15-14-26(43)20(2)16-24(17-30(49-8)50-9)35(21(3)27(44)18-29(45)57-28)58-39-34(48)31(42(7)53-12)32(46)22(4)55-39/h14-15,20-25,28,30-40,46-48H,13,16-19H2,1-12H3/b15-14+/t20?,21?,22-,23-,24?,25?,28?,31+,32-,33-,34-,35?,36-,37+,38?,39+,40-,41?/m1/s1. The van der Waals surface area contributed by atoms with Gasteiger partial charge in [-0.15, -0.1) is 0 Å². The van der Waals surface area contributed by atoms with Crippen molar-refractivity contribution in [1.82, 2.24) is 5.06 Å². The number of Topliss-reactive ketones (excluding diaryl/α,β-unsaturated/α-hetero) is 1. The summed E-state index contributed by atoms with van der Waals surface area (Å²) in [5.41, 5.74) is -0.929. The van der Waals surface area contributed by atoms with Gasteiger partial charge in [0, 0.05) is 59.7 Å². The van der Waals surface area contributed by atoms with E-state index < -0.39 is 133 Å². The van der Waals surface area contributed by atoms with Crippen LogP contribution in [-0.2, 0) is 66.6 Å². The first kappa shape index (κ1) is 49.6. The predicted molar refractivity (Wildman–Crippen MR) is 207 cm³/mol. The molecule has 0 aliphatic carbocycles. The molecular weight excluding hydrogens is 778 g/mol. The minimum atomic E-state index is -1.44. The van der Waals surface area contributed by atoms with Gasteiger partial charge in [0.1, 0.15) is 54.4 Å². The zero-order valence-corrected chi connectivity index (χ0v) is 36.6. The maximum atomic E-state index is 14.2. The first-order valence-corrected chi connectivity index (χ1v) is 20.5. The van der Waals surface area contributed by atoms with Crippen LogP contribution in [0.1, 0.15) is 67.2 Å². The molecule has 8 unspecified atom stereocenters. The Hall–Kier alpha value is -2.01. The molecule has 4 rings (SSSR count). The molecule has 3 N–H and O–H groups in total. The highest BCUT2D eigenvalue weighted by atomic mass is 16.7. The van der Waals surface area contributed by atoms with Crippen molar-refractivity contribution >= 4 is 17.5 Å². The zero-order valence-electron chi connectivity index (χ0n) is 36.6. The SMILES string of the molecule is CCC1OC(=O)CC(=O)C(C)C(O[C@@H]2O[C@H](C)[C@@H](O)[C@H](N(C)OC)[C@H]2O)C(CC(OC)OC)CC(C)C(=O)/C=C/C2(C)OC2C1CO[C@@H]1O[C@H](C)[C@@H](O)[C@@H](OC)[C@@H]1OC. The molecule has 0 aromatic heterocycles. The van der Waals surface area contributed by atoms with Crippen molar-refractivity contribution in [3.05, 3.63) is 12.2 Å². The summed E-state index contributed by atoms with van der Waals surface area (Å²) in [6.07, 6.45) is -8.75. The number of aliphatic hydroxyl groups is 3. The molecule has 0 aromatic carbocycles. The van der Waals surface area contributed by atoms with Crippen LogP contribution in [0.5, 0.6) is 0 Å². The highest BCUT2D eigenvalue weighted by molar-refractivity contribution is 5.97. The maximum absolute atomic E-state index is 14.2. The lowest BCUT2D eigenvalue weighted by Gasteiger charge is -2.46. The van der Waals surface area contributed by atoms with E-state index in [4.69, 9.17) is 52.2 Å². The molecule has 18 atom stereocenters. The van der Waals surface area contributed by atoms with Crippen LogP contribution in [0.25, 0.3) is 0 Å². The smallest absolute Gasteiger partial charge is 0.313 e. The number of carbonyl (C=O) groups is 3. The van der Waals surface area contributed by atoms with E-state index in [2.05, 4.69) is 0 Å². The maximum Gasteiger partial charge on any atom is 0.313 e. The number of methoxy groups -OCH3 is 4. The molecule has 3 saturated heterocycles. The Morgan fingerprint density at radius 1 is 0.881 bits per heavy atom. The first-order valence-electron chi connectivity index (χ1n) is 20.5. The van der Waals surface area contributed by atoms with Gasteiger partial charge < -0.3 is 67.5 Å². The normalized spacial score (nSPS) is 43.4. The van der Waals surface area contributed by atoms with Crippen molar-refractivity contribution in [2.75, 3.05) is 49.2 Å². The van der Waals surface area contributed by atoms with Gasteiger partial charge in [-0.25, -0.2) is 0 Å². The number of likely N-dealkylation sites (N-methyl/N-ethyl adjacent to an activating group) is 1. The van der Waals surface area contributed by atoms with Crippen LogP contribution in [0.4, 0.5) is 0 Å². The third kappa shape index (κ3) is 11.7. The average Bonchev–Trinajstić information content (AvgIpc) is 3.89. The Kier molecular flexibility index (Phi) is 18.4. The third-order valence-corrected chi connectivity index (χ3v) is 12.5. The van der Waals surface area contributed by atoms with Gasteiger partial charge in [-0.3, -0.25) is 14.4 Å². The first-order chi connectivity index (χ1) is 27.9. The fraction of sp³-hybridized carbons (Fsp3) is 0.878. The van der Waals surface area contributed by atoms with Gasteiger partial charge in [0.05, 0.1) is 44.2 Å². The molecule has 3 fully saturated rings. The van der Waals surface area contributed by atoms with Crippen LogP contribution in [0.3, 0.4) is 0 Å². The number of hydrogen-bond donors (Lipinski definition) is 3. The lowest BCUT2D eigenvalue weighted by atomic mass is 9.79. The third-order valence-electron chi connectivity index (χ3n) is 12.5. The Bertz CT molecular complexity index is 1400. The van der Waals surface area contributed by atoms with Gasteiger partial charge >= 0.3 is 5.97 Å². The fourth-order valence-electron chi connectivity index (χ4n) is 8.64. The number of nitrogens with zero attached hydrogens (tertiary/aromatic N) is 1. The molecule has 18 nitrogen and oxygen atoms in total. The number of ketones is 2. The van der Waals surface area contributed by atoms with E-state index in [1.807, 2.05) is 13.8 Å². The van der Waals surface area contributed by atoms with E-state index in [0.717, 1.165) is 0 Å². The van der Waals surface area contributed by atoms with Crippen LogP contribution in [0.15, 0.2) is 12.2 Å².